The van der Waals surface area contributed by atoms with Crippen LogP contribution in [0.2, 0.25) is 0 Å². The van der Waals surface area contributed by atoms with Crippen molar-refractivity contribution in [2.45, 2.75) is 12.5 Å². The first-order chi connectivity index (χ1) is 15.0. The zero-order valence-corrected chi connectivity index (χ0v) is 17.8. The normalized spacial score (nSPS) is 15.3. The molecular weight excluding hydrogens is 402 g/mol. The van der Waals surface area contributed by atoms with Crippen LogP contribution in [0.4, 0.5) is 15.3 Å². The van der Waals surface area contributed by atoms with Crippen molar-refractivity contribution in [3.05, 3.63) is 48.0 Å². The van der Waals surface area contributed by atoms with Crippen LogP contribution < -0.4 is 29.7 Å². The van der Waals surface area contributed by atoms with Crippen LogP contribution in [-0.2, 0) is 11.2 Å². The van der Waals surface area contributed by atoms with Crippen molar-refractivity contribution in [2.75, 3.05) is 45.9 Å². The monoisotopic (exact) mass is 429 g/mol. The van der Waals surface area contributed by atoms with Crippen molar-refractivity contribution >= 4 is 17.8 Å². The van der Waals surface area contributed by atoms with Gasteiger partial charge in [-0.2, -0.15) is 0 Å². The van der Waals surface area contributed by atoms with E-state index in [4.69, 9.17) is 18.9 Å². The van der Waals surface area contributed by atoms with Crippen LogP contribution >= 0.6 is 0 Å². The summed E-state index contributed by atoms with van der Waals surface area (Å²) in [5.74, 6) is 1.89. The maximum absolute atomic E-state index is 12.3. The van der Waals surface area contributed by atoms with E-state index in [1.807, 2.05) is 24.3 Å². The number of amides is 3. The third-order valence-corrected chi connectivity index (χ3v) is 4.90. The zero-order valence-electron chi connectivity index (χ0n) is 17.8. The van der Waals surface area contributed by atoms with Crippen LogP contribution in [0.25, 0.3) is 0 Å². The number of methoxy groups -OCH3 is 3. The predicted octanol–water partition coefficient (Wildman–Crippen LogP) is 2.58. The highest BCUT2D eigenvalue weighted by atomic mass is 16.6. The van der Waals surface area contributed by atoms with E-state index in [0.29, 0.717) is 36.7 Å². The molecule has 0 unspecified atom stereocenters. The van der Waals surface area contributed by atoms with Gasteiger partial charge in [-0.15, -0.1) is 0 Å². The van der Waals surface area contributed by atoms with Gasteiger partial charge in [0.05, 0.1) is 40.1 Å². The molecule has 1 aliphatic rings. The molecule has 1 atom stereocenters. The standard InChI is InChI=1S/C22H27N3O6/c1-28-17-7-4-15(5-8-17)10-11-23-21(26)24-13-18-14-25(22(27)31-18)16-6-9-19(29-2)20(12-16)30-3/h4-9,12,18H,10-11,13-14H2,1-3H3,(H2,23,24,26)/t18-/m1/s1. The summed E-state index contributed by atoms with van der Waals surface area (Å²) in [6, 6.07) is 12.6. The Labute approximate surface area is 181 Å². The van der Waals surface area contributed by atoms with Crippen LogP contribution in [0.15, 0.2) is 42.5 Å². The Hall–Kier alpha value is -3.62. The Morgan fingerprint density at radius 2 is 1.77 bits per heavy atom. The molecule has 166 valence electrons. The number of hydrogen-bond acceptors (Lipinski definition) is 6. The molecule has 1 saturated heterocycles. The summed E-state index contributed by atoms with van der Waals surface area (Å²) in [5.41, 5.74) is 1.73. The molecule has 0 radical (unpaired) electrons. The molecule has 0 spiro atoms. The van der Waals surface area contributed by atoms with Gasteiger partial charge < -0.3 is 29.6 Å². The van der Waals surface area contributed by atoms with Gasteiger partial charge in [0.1, 0.15) is 11.9 Å². The smallest absolute Gasteiger partial charge is 0.414 e. The van der Waals surface area contributed by atoms with Crippen LogP contribution in [-0.4, -0.2) is 59.2 Å². The second kappa shape index (κ2) is 10.4. The highest BCUT2D eigenvalue weighted by Gasteiger charge is 2.33. The van der Waals surface area contributed by atoms with E-state index >= 15 is 0 Å². The van der Waals surface area contributed by atoms with Crippen molar-refractivity contribution in [1.29, 1.82) is 0 Å². The summed E-state index contributed by atoms with van der Waals surface area (Å²) in [6.07, 6.45) is -0.227. The van der Waals surface area contributed by atoms with Crippen molar-refractivity contribution in [3.63, 3.8) is 0 Å². The van der Waals surface area contributed by atoms with Crippen molar-refractivity contribution < 1.29 is 28.5 Å². The van der Waals surface area contributed by atoms with E-state index in [-0.39, 0.29) is 12.6 Å². The van der Waals surface area contributed by atoms with E-state index < -0.39 is 12.2 Å². The molecule has 2 N–H and O–H groups in total. The van der Waals surface area contributed by atoms with E-state index in [2.05, 4.69) is 10.6 Å². The average Bonchev–Trinajstić information content (AvgIpc) is 3.18. The van der Waals surface area contributed by atoms with E-state index in [0.717, 1.165) is 11.3 Å². The molecule has 1 fully saturated rings. The molecular formula is C22H27N3O6. The fourth-order valence-electron chi connectivity index (χ4n) is 3.21. The highest BCUT2D eigenvalue weighted by molar-refractivity contribution is 5.90. The Bertz CT molecular complexity index is 903. The van der Waals surface area contributed by atoms with Crippen LogP contribution in [0, 0.1) is 0 Å². The summed E-state index contributed by atoms with van der Waals surface area (Å²) in [7, 11) is 4.70. The van der Waals surface area contributed by atoms with Gasteiger partial charge in [0.15, 0.2) is 11.5 Å². The number of carbonyl (C=O) groups is 2. The Morgan fingerprint density at radius 3 is 2.45 bits per heavy atom. The molecule has 3 amide bonds. The number of ether oxygens (including phenoxy) is 4. The Morgan fingerprint density at radius 1 is 1.03 bits per heavy atom. The first-order valence-electron chi connectivity index (χ1n) is 9.89. The van der Waals surface area contributed by atoms with Crippen molar-refractivity contribution in [3.8, 4) is 17.2 Å². The number of urea groups is 1. The molecule has 1 heterocycles. The molecule has 3 rings (SSSR count). The van der Waals surface area contributed by atoms with Gasteiger partial charge >= 0.3 is 12.1 Å². The summed E-state index contributed by atoms with van der Waals surface area (Å²) in [4.78, 5) is 25.8. The Balaban J connectivity index is 1.43. The fourth-order valence-corrected chi connectivity index (χ4v) is 3.21. The van der Waals surface area contributed by atoms with Gasteiger partial charge in [0, 0.05) is 12.6 Å². The first-order valence-corrected chi connectivity index (χ1v) is 9.89. The highest BCUT2D eigenvalue weighted by Crippen LogP contribution is 2.33. The average molecular weight is 429 g/mol. The number of cyclic esters (lactones) is 1. The van der Waals surface area contributed by atoms with Gasteiger partial charge in [0.25, 0.3) is 0 Å². The lowest BCUT2D eigenvalue weighted by atomic mass is 10.1. The third-order valence-electron chi connectivity index (χ3n) is 4.90. The van der Waals surface area contributed by atoms with Gasteiger partial charge in [0.2, 0.25) is 0 Å². The minimum Gasteiger partial charge on any atom is -0.497 e. The number of nitrogens with zero attached hydrogens (tertiary/aromatic N) is 1. The topological polar surface area (TPSA) is 98.4 Å². The zero-order chi connectivity index (χ0) is 22.2. The number of nitrogens with one attached hydrogen (secondary N) is 2. The van der Waals surface area contributed by atoms with Crippen LogP contribution in [0.3, 0.4) is 0 Å². The molecule has 1 aliphatic heterocycles. The molecule has 9 nitrogen and oxygen atoms in total. The summed E-state index contributed by atoms with van der Waals surface area (Å²) < 4.78 is 21.0. The molecule has 31 heavy (non-hydrogen) atoms. The number of hydrogen-bond donors (Lipinski definition) is 2. The minimum atomic E-state index is -0.473. The largest absolute Gasteiger partial charge is 0.497 e. The molecule has 9 heteroatoms. The maximum atomic E-state index is 12.3. The lowest BCUT2D eigenvalue weighted by Gasteiger charge is -2.16. The predicted molar refractivity (Wildman–Crippen MR) is 115 cm³/mol. The van der Waals surface area contributed by atoms with Crippen molar-refractivity contribution in [2.24, 2.45) is 0 Å². The number of rotatable bonds is 9. The van der Waals surface area contributed by atoms with E-state index in [9.17, 15) is 9.59 Å². The number of anilines is 1. The van der Waals surface area contributed by atoms with E-state index in [1.165, 1.54) is 12.0 Å². The third kappa shape index (κ3) is 5.71. The van der Waals surface area contributed by atoms with Crippen LogP contribution in [0.5, 0.6) is 17.2 Å². The van der Waals surface area contributed by atoms with Gasteiger partial charge in [-0.05, 0) is 36.2 Å². The lowest BCUT2D eigenvalue weighted by molar-refractivity contribution is 0.140. The SMILES string of the molecule is COc1ccc(CCNC(=O)NC[C@@H]2CN(c3ccc(OC)c(OC)c3)C(=O)O2)cc1. The molecule has 2 aromatic rings. The van der Waals surface area contributed by atoms with Crippen molar-refractivity contribution in [1.82, 2.24) is 10.6 Å². The van der Waals surface area contributed by atoms with Crippen LogP contribution in [0.1, 0.15) is 5.56 Å². The van der Waals surface area contributed by atoms with Gasteiger partial charge in [-0.3, -0.25) is 4.90 Å². The lowest BCUT2D eigenvalue weighted by Crippen LogP contribution is -2.41. The minimum absolute atomic E-state index is 0.212. The quantitative estimate of drug-likeness (QED) is 0.636. The summed E-state index contributed by atoms with van der Waals surface area (Å²) in [5, 5.41) is 5.54. The Kier molecular flexibility index (Phi) is 7.42. The van der Waals surface area contributed by atoms with Gasteiger partial charge in [-0.1, -0.05) is 12.1 Å². The van der Waals surface area contributed by atoms with E-state index in [1.54, 1.807) is 32.4 Å². The first kappa shape index (κ1) is 22.1. The summed E-state index contributed by atoms with van der Waals surface area (Å²) >= 11 is 0. The maximum Gasteiger partial charge on any atom is 0.414 e. The molecule has 0 aliphatic carbocycles. The number of benzene rings is 2. The second-order valence-electron chi connectivity index (χ2n) is 6.89. The molecule has 0 saturated carbocycles. The molecule has 2 aromatic carbocycles. The molecule has 0 bridgehead atoms. The summed E-state index contributed by atoms with van der Waals surface area (Å²) in [6.45, 7) is 1.02. The second-order valence-corrected chi connectivity index (χ2v) is 6.89. The fraction of sp³-hybridized carbons (Fsp3) is 0.364. The van der Waals surface area contributed by atoms with Gasteiger partial charge in [-0.25, -0.2) is 9.59 Å². The molecule has 0 aromatic heterocycles. The number of carbonyl (C=O) groups excluding carboxylic acids is 2.